The van der Waals surface area contributed by atoms with Gasteiger partial charge >= 0.3 is 0 Å². The van der Waals surface area contributed by atoms with Gasteiger partial charge in [0.1, 0.15) is 5.82 Å². The van der Waals surface area contributed by atoms with E-state index in [0.29, 0.717) is 0 Å². The van der Waals surface area contributed by atoms with E-state index in [-0.39, 0.29) is 5.82 Å². The summed E-state index contributed by atoms with van der Waals surface area (Å²) in [5, 5.41) is 3.36. The van der Waals surface area contributed by atoms with Gasteiger partial charge in [0.05, 0.1) is 0 Å². The Morgan fingerprint density at radius 1 is 1.33 bits per heavy atom. The van der Waals surface area contributed by atoms with Crippen molar-refractivity contribution in [2.45, 2.75) is 13.3 Å². The largest absolute Gasteiger partial charge is 0.316 e. The molecule has 1 nitrogen and oxygen atoms in total. The Balaban J connectivity index is 2.31. The van der Waals surface area contributed by atoms with Crippen LogP contribution in [-0.2, 0) is 6.42 Å². The lowest BCUT2D eigenvalue weighted by molar-refractivity contribution is 0.624. The Kier molecular flexibility index (Phi) is 5.73. The average molecular weight is 227 g/mol. The Labute approximate surface area is 95.5 Å². The highest BCUT2D eigenvalue weighted by Gasteiger charge is 1.99. The van der Waals surface area contributed by atoms with Crippen LogP contribution in [0.4, 0.5) is 4.39 Å². The van der Waals surface area contributed by atoms with Crippen molar-refractivity contribution in [2.75, 3.05) is 25.1 Å². The Bertz CT molecular complexity index is 302. The van der Waals surface area contributed by atoms with Crippen molar-refractivity contribution in [3.63, 3.8) is 0 Å². The van der Waals surface area contributed by atoms with Gasteiger partial charge in [-0.3, -0.25) is 0 Å². The zero-order valence-corrected chi connectivity index (χ0v) is 10.2. The molecule has 15 heavy (non-hydrogen) atoms. The predicted molar refractivity (Wildman–Crippen MR) is 66.1 cm³/mol. The number of benzene rings is 1. The molecule has 1 N–H and O–H groups in total. The molecular weight excluding hydrogens is 209 g/mol. The molecule has 0 unspecified atom stereocenters. The summed E-state index contributed by atoms with van der Waals surface area (Å²) >= 11 is 1.84. The maximum absolute atomic E-state index is 12.8. The molecule has 0 heterocycles. The van der Waals surface area contributed by atoms with Crippen molar-refractivity contribution in [2.24, 2.45) is 0 Å². The number of aryl methyl sites for hydroxylation is 1. The highest BCUT2D eigenvalue weighted by Crippen LogP contribution is 2.10. The van der Waals surface area contributed by atoms with Crippen molar-refractivity contribution < 1.29 is 4.39 Å². The first kappa shape index (κ1) is 12.5. The minimum Gasteiger partial charge on any atom is -0.316 e. The summed E-state index contributed by atoms with van der Waals surface area (Å²) in [6, 6.07) is 5.00. The molecule has 0 aliphatic heterocycles. The first-order valence-corrected chi connectivity index (χ1v) is 6.58. The fourth-order valence-electron chi connectivity index (χ4n) is 1.46. The first-order valence-electron chi connectivity index (χ1n) is 5.18. The topological polar surface area (TPSA) is 12.0 Å². The zero-order chi connectivity index (χ0) is 11.1. The highest BCUT2D eigenvalue weighted by atomic mass is 32.2. The summed E-state index contributed by atoms with van der Waals surface area (Å²) in [5.41, 5.74) is 2.27. The van der Waals surface area contributed by atoms with E-state index in [1.165, 1.54) is 11.6 Å². The highest BCUT2D eigenvalue weighted by molar-refractivity contribution is 7.98. The van der Waals surface area contributed by atoms with Gasteiger partial charge < -0.3 is 5.32 Å². The summed E-state index contributed by atoms with van der Waals surface area (Å²) in [6.07, 6.45) is 3.08. The van der Waals surface area contributed by atoms with Gasteiger partial charge in [0.25, 0.3) is 0 Å². The van der Waals surface area contributed by atoms with Crippen LogP contribution in [0.3, 0.4) is 0 Å². The third-order valence-electron chi connectivity index (χ3n) is 2.36. The van der Waals surface area contributed by atoms with Crippen molar-refractivity contribution >= 4 is 11.8 Å². The number of halogens is 1. The summed E-state index contributed by atoms with van der Waals surface area (Å²) in [6.45, 7) is 3.97. The van der Waals surface area contributed by atoms with Gasteiger partial charge in [0, 0.05) is 12.3 Å². The van der Waals surface area contributed by atoms with Crippen LogP contribution in [0, 0.1) is 12.7 Å². The number of thioether (sulfide) groups is 1. The minimum atomic E-state index is -0.147. The number of hydrogen-bond donors (Lipinski definition) is 1. The molecule has 0 fully saturated rings. The van der Waals surface area contributed by atoms with Crippen LogP contribution in [0.25, 0.3) is 0 Å². The van der Waals surface area contributed by atoms with Crippen LogP contribution in [0.1, 0.15) is 11.1 Å². The quantitative estimate of drug-likeness (QED) is 0.750. The molecule has 0 spiro atoms. The second kappa shape index (κ2) is 6.85. The van der Waals surface area contributed by atoms with Gasteiger partial charge in [-0.05, 0) is 49.4 Å². The van der Waals surface area contributed by atoms with E-state index in [2.05, 4.69) is 11.6 Å². The number of hydrogen-bond acceptors (Lipinski definition) is 2. The standard InChI is InChI=1S/C12H18FNS/c1-10-9-12(13)4-3-11(10)5-6-14-7-8-15-2/h3-4,9,14H,5-8H2,1-2H3. The Hall–Kier alpha value is -0.540. The molecular formula is C12H18FNS. The second-order valence-electron chi connectivity index (χ2n) is 3.56. The third-order valence-corrected chi connectivity index (χ3v) is 2.97. The molecule has 0 bridgehead atoms. The molecule has 0 saturated heterocycles. The van der Waals surface area contributed by atoms with E-state index >= 15 is 0 Å². The van der Waals surface area contributed by atoms with Gasteiger partial charge in [-0.25, -0.2) is 4.39 Å². The van der Waals surface area contributed by atoms with E-state index in [0.717, 1.165) is 30.8 Å². The van der Waals surface area contributed by atoms with Gasteiger partial charge in [-0.15, -0.1) is 0 Å². The van der Waals surface area contributed by atoms with Crippen LogP contribution < -0.4 is 5.32 Å². The Morgan fingerprint density at radius 3 is 2.80 bits per heavy atom. The molecule has 1 rings (SSSR count). The van der Waals surface area contributed by atoms with Crippen LogP contribution in [0.5, 0.6) is 0 Å². The van der Waals surface area contributed by atoms with Crippen LogP contribution in [0.15, 0.2) is 18.2 Å². The Morgan fingerprint density at radius 2 is 2.13 bits per heavy atom. The molecule has 0 saturated carbocycles. The van der Waals surface area contributed by atoms with E-state index in [9.17, 15) is 4.39 Å². The fraction of sp³-hybridized carbons (Fsp3) is 0.500. The molecule has 0 radical (unpaired) electrons. The molecule has 0 aliphatic rings. The summed E-state index contributed by atoms with van der Waals surface area (Å²) in [5.74, 6) is 0.995. The maximum Gasteiger partial charge on any atom is 0.123 e. The summed E-state index contributed by atoms with van der Waals surface area (Å²) in [7, 11) is 0. The fourth-order valence-corrected chi connectivity index (χ4v) is 1.81. The first-order chi connectivity index (χ1) is 7.24. The van der Waals surface area contributed by atoms with Crippen LogP contribution in [0.2, 0.25) is 0 Å². The number of nitrogens with one attached hydrogen (secondary N) is 1. The average Bonchev–Trinajstić information content (AvgIpc) is 2.20. The predicted octanol–water partition coefficient (Wildman–Crippen LogP) is 2.63. The van der Waals surface area contributed by atoms with E-state index in [4.69, 9.17) is 0 Å². The minimum absolute atomic E-state index is 0.147. The normalized spacial score (nSPS) is 10.6. The van der Waals surface area contributed by atoms with Gasteiger partial charge in [0.15, 0.2) is 0 Å². The molecule has 0 amide bonds. The molecule has 3 heteroatoms. The lowest BCUT2D eigenvalue weighted by Gasteiger charge is -2.06. The maximum atomic E-state index is 12.8. The van der Waals surface area contributed by atoms with Crippen LogP contribution >= 0.6 is 11.8 Å². The summed E-state index contributed by atoms with van der Waals surface area (Å²) in [4.78, 5) is 0. The van der Waals surface area contributed by atoms with Gasteiger partial charge in [-0.1, -0.05) is 6.07 Å². The lowest BCUT2D eigenvalue weighted by Crippen LogP contribution is -2.20. The van der Waals surface area contributed by atoms with Gasteiger partial charge in [0.2, 0.25) is 0 Å². The molecule has 1 aromatic rings. The third kappa shape index (κ3) is 4.67. The smallest absolute Gasteiger partial charge is 0.123 e. The second-order valence-corrected chi connectivity index (χ2v) is 4.55. The van der Waals surface area contributed by atoms with Crippen molar-refractivity contribution in [1.82, 2.24) is 5.32 Å². The summed E-state index contributed by atoms with van der Waals surface area (Å²) < 4.78 is 12.8. The molecule has 1 aromatic carbocycles. The number of rotatable bonds is 6. The molecule has 0 aromatic heterocycles. The van der Waals surface area contributed by atoms with Gasteiger partial charge in [-0.2, -0.15) is 11.8 Å². The van der Waals surface area contributed by atoms with E-state index in [1.54, 1.807) is 6.07 Å². The monoisotopic (exact) mass is 227 g/mol. The van der Waals surface area contributed by atoms with Crippen LogP contribution in [-0.4, -0.2) is 25.1 Å². The van der Waals surface area contributed by atoms with E-state index < -0.39 is 0 Å². The lowest BCUT2D eigenvalue weighted by atomic mass is 10.1. The molecule has 0 aliphatic carbocycles. The van der Waals surface area contributed by atoms with Crippen molar-refractivity contribution in [3.8, 4) is 0 Å². The van der Waals surface area contributed by atoms with Crippen molar-refractivity contribution in [1.29, 1.82) is 0 Å². The molecule has 0 atom stereocenters. The van der Waals surface area contributed by atoms with E-state index in [1.807, 2.05) is 24.8 Å². The molecule has 84 valence electrons. The SMILES string of the molecule is CSCCNCCc1ccc(F)cc1C. The zero-order valence-electron chi connectivity index (χ0n) is 9.35. The van der Waals surface area contributed by atoms with Crippen molar-refractivity contribution in [3.05, 3.63) is 35.1 Å².